The summed E-state index contributed by atoms with van der Waals surface area (Å²) in [5, 5.41) is 11.7. The molecule has 0 aromatic carbocycles. The Kier molecular flexibility index (Phi) is 6.42. The van der Waals surface area contributed by atoms with Gasteiger partial charge in [-0.1, -0.05) is 18.6 Å². The number of ether oxygens (including phenoxy) is 3. The molecule has 12 heteroatoms. The molecule has 0 bridgehead atoms. The van der Waals surface area contributed by atoms with Crippen molar-refractivity contribution in [1.29, 1.82) is 0 Å². The summed E-state index contributed by atoms with van der Waals surface area (Å²) >= 11 is 0. The Morgan fingerprint density at radius 1 is 1.20 bits per heavy atom. The summed E-state index contributed by atoms with van der Waals surface area (Å²) in [6, 6.07) is 0. The lowest BCUT2D eigenvalue weighted by Crippen LogP contribution is -2.70. The molecule has 8 atom stereocenters. The van der Waals surface area contributed by atoms with Gasteiger partial charge < -0.3 is 19.3 Å². The van der Waals surface area contributed by atoms with Crippen LogP contribution in [0.5, 0.6) is 0 Å². The summed E-state index contributed by atoms with van der Waals surface area (Å²) in [7, 11) is -3.95. The molecule has 2 saturated heterocycles. The fraction of sp³-hybridized carbons (Fsp3) is 0.786. The number of nitrogens with zero attached hydrogens (tertiary/aromatic N) is 1. The van der Waals surface area contributed by atoms with Crippen LogP contribution in [0.25, 0.3) is 0 Å². The second kappa shape index (κ2) is 8.98. The van der Waals surface area contributed by atoms with Crippen molar-refractivity contribution in [3.63, 3.8) is 0 Å². The van der Waals surface area contributed by atoms with E-state index in [1.165, 1.54) is 16.5 Å². The molecule has 2 aliphatic heterocycles. The maximum Gasteiger partial charge on any atom is 0.280 e. The van der Waals surface area contributed by atoms with Crippen molar-refractivity contribution in [2.75, 3.05) is 32.8 Å². The van der Waals surface area contributed by atoms with E-state index in [1.807, 2.05) is 6.92 Å². The van der Waals surface area contributed by atoms with Crippen LogP contribution < -0.4 is 4.72 Å². The Bertz CT molecular complexity index is 1290. The minimum atomic E-state index is -3.95. The number of halogens is 1. The first-order valence-electron chi connectivity index (χ1n) is 14.2. The Hall–Kier alpha value is -1.54. The molecule has 0 aromatic heterocycles. The highest BCUT2D eigenvalue weighted by molar-refractivity contribution is 7.87. The van der Waals surface area contributed by atoms with E-state index < -0.39 is 68.6 Å². The lowest BCUT2D eigenvalue weighted by Gasteiger charge is -2.62. The van der Waals surface area contributed by atoms with Crippen LogP contribution in [0.1, 0.15) is 53.4 Å². The van der Waals surface area contributed by atoms with Crippen LogP contribution in [0, 0.1) is 22.7 Å². The Labute approximate surface area is 234 Å². The lowest BCUT2D eigenvalue weighted by atomic mass is 9.44. The third-order valence-electron chi connectivity index (χ3n) is 10.8. The molecular formula is C28H39FN2O8S. The normalized spacial score (nSPS) is 46.2. The van der Waals surface area contributed by atoms with Gasteiger partial charge in [0.25, 0.3) is 10.2 Å². The summed E-state index contributed by atoms with van der Waals surface area (Å²) in [6.07, 6.45) is 3.43. The molecule has 0 radical (unpaired) electrons. The molecule has 40 heavy (non-hydrogen) atoms. The lowest BCUT2D eigenvalue weighted by molar-refractivity contribution is -0.245. The number of alkyl halides is 1. The SMILES string of the molecule is CC1(C)O[C@H]2CC3C4CCC5=CC(=O)C=CC5(C)[C@@]4(F)[C@@H](O)CC3(C)[C@]2(C(=O)CNS(=O)(=O)N2CCOCC2)O1. The molecule has 2 N–H and O–H groups in total. The van der Waals surface area contributed by atoms with Crippen molar-refractivity contribution >= 4 is 21.8 Å². The first-order chi connectivity index (χ1) is 18.6. The molecule has 4 unspecified atom stereocenters. The van der Waals surface area contributed by atoms with E-state index in [2.05, 4.69) is 4.72 Å². The number of hydrogen-bond donors (Lipinski definition) is 2. The van der Waals surface area contributed by atoms with E-state index in [0.29, 0.717) is 24.8 Å². The highest BCUT2D eigenvalue weighted by atomic mass is 32.2. The van der Waals surface area contributed by atoms with Gasteiger partial charge in [-0.25, -0.2) is 4.39 Å². The summed E-state index contributed by atoms with van der Waals surface area (Å²) in [6.45, 7) is 7.41. The molecule has 6 rings (SSSR count). The topological polar surface area (TPSA) is 131 Å². The number of hydrogen-bond acceptors (Lipinski definition) is 8. The fourth-order valence-electron chi connectivity index (χ4n) is 8.98. The van der Waals surface area contributed by atoms with E-state index in [1.54, 1.807) is 26.8 Å². The predicted molar refractivity (Wildman–Crippen MR) is 141 cm³/mol. The Morgan fingerprint density at radius 2 is 1.90 bits per heavy atom. The molecule has 0 spiro atoms. The van der Waals surface area contributed by atoms with Crippen molar-refractivity contribution in [1.82, 2.24) is 9.03 Å². The molecule has 3 saturated carbocycles. The fourth-order valence-corrected chi connectivity index (χ4v) is 10.1. The van der Waals surface area contributed by atoms with Crippen LogP contribution in [0.15, 0.2) is 23.8 Å². The van der Waals surface area contributed by atoms with E-state index >= 15 is 4.39 Å². The number of fused-ring (bicyclic) bond motifs is 7. The van der Waals surface area contributed by atoms with Gasteiger partial charge in [0.1, 0.15) is 0 Å². The maximum atomic E-state index is 17.5. The minimum Gasteiger partial charge on any atom is -0.390 e. The number of carbonyl (C=O) groups excluding carboxylic acids is 2. The number of nitrogens with one attached hydrogen (secondary N) is 1. The van der Waals surface area contributed by atoms with E-state index in [9.17, 15) is 23.1 Å². The van der Waals surface area contributed by atoms with E-state index in [0.717, 1.165) is 0 Å². The standard InChI is InChI=1S/C28H39FN2O8S/c1-24(2)38-23-14-20-19-6-5-17-13-18(32)7-8-25(17,3)27(19,29)21(33)15-26(20,4)28(23,39-24)22(34)16-30-40(35,36)31-9-11-37-12-10-31/h7-8,13,19-21,23,30,33H,5-6,9-12,14-16H2,1-4H3/t19?,20?,21-,23-,25?,26?,27-,28+/m0/s1. The van der Waals surface area contributed by atoms with Gasteiger partial charge in [-0.3, -0.25) is 9.59 Å². The number of ketones is 2. The maximum absolute atomic E-state index is 17.5. The van der Waals surface area contributed by atoms with Crippen LogP contribution in [0.4, 0.5) is 4.39 Å². The molecular weight excluding hydrogens is 543 g/mol. The Balaban J connectivity index is 1.35. The average molecular weight is 583 g/mol. The van der Waals surface area contributed by atoms with Gasteiger partial charge >= 0.3 is 0 Å². The predicted octanol–water partition coefficient (Wildman–Crippen LogP) is 1.59. The Morgan fingerprint density at radius 3 is 2.60 bits per heavy atom. The van der Waals surface area contributed by atoms with Crippen LogP contribution >= 0.6 is 0 Å². The molecule has 2 heterocycles. The molecule has 0 aromatic rings. The van der Waals surface area contributed by atoms with Crippen LogP contribution in [0.3, 0.4) is 0 Å². The van der Waals surface area contributed by atoms with Crippen molar-refractivity contribution in [3.05, 3.63) is 23.8 Å². The van der Waals surface area contributed by atoms with Gasteiger partial charge in [0, 0.05) is 29.8 Å². The second-order valence-electron chi connectivity index (χ2n) is 13.1. The smallest absolute Gasteiger partial charge is 0.280 e. The van der Waals surface area contributed by atoms with Gasteiger partial charge in [-0.2, -0.15) is 17.4 Å². The first kappa shape index (κ1) is 28.6. The summed E-state index contributed by atoms with van der Waals surface area (Å²) in [4.78, 5) is 26.3. The molecule has 0 amide bonds. The molecule has 6 aliphatic rings. The highest BCUT2D eigenvalue weighted by Gasteiger charge is 2.80. The average Bonchev–Trinajstić information content (AvgIpc) is 3.30. The van der Waals surface area contributed by atoms with Crippen molar-refractivity contribution < 1.29 is 41.7 Å². The minimum absolute atomic E-state index is 0.0762. The summed E-state index contributed by atoms with van der Waals surface area (Å²) in [5.41, 5.74) is -5.15. The summed E-state index contributed by atoms with van der Waals surface area (Å²) in [5.74, 6) is -2.82. The monoisotopic (exact) mass is 582 g/mol. The van der Waals surface area contributed by atoms with Crippen molar-refractivity contribution in [2.45, 2.75) is 82.6 Å². The second-order valence-corrected chi connectivity index (χ2v) is 14.9. The van der Waals surface area contributed by atoms with Crippen molar-refractivity contribution in [2.24, 2.45) is 22.7 Å². The zero-order valence-corrected chi connectivity index (χ0v) is 24.3. The van der Waals surface area contributed by atoms with E-state index in [-0.39, 0.29) is 44.4 Å². The number of aliphatic hydroxyl groups is 1. The van der Waals surface area contributed by atoms with Gasteiger partial charge in [-0.15, -0.1) is 0 Å². The molecule has 5 fully saturated rings. The van der Waals surface area contributed by atoms with Gasteiger partial charge in [0.05, 0.1) is 32.0 Å². The number of carbonyl (C=O) groups is 2. The third-order valence-corrected chi connectivity index (χ3v) is 12.3. The quantitative estimate of drug-likeness (QED) is 0.500. The van der Waals surface area contributed by atoms with Crippen LogP contribution in [0.2, 0.25) is 0 Å². The van der Waals surface area contributed by atoms with E-state index in [4.69, 9.17) is 14.2 Å². The molecule has 10 nitrogen and oxygen atoms in total. The zero-order chi connectivity index (χ0) is 28.9. The van der Waals surface area contributed by atoms with Gasteiger partial charge in [0.15, 0.2) is 28.6 Å². The first-order valence-corrected chi connectivity index (χ1v) is 15.6. The highest BCUT2D eigenvalue weighted by Crippen LogP contribution is 2.72. The number of aliphatic hydroxyl groups excluding tert-OH is 1. The van der Waals surface area contributed by atoms with Gasteiger partial charge in [0.2, 0.25) is 0 Å². The number of morpholine rings is 1. The number of rotatable bonds is 5. The van der Waals surface area contributed by atoms with Crippen LogP contribution in [-0.2, 0) is 34.0 Å². The largest absolute Gasteiger partial charge is 0.390 e. The third kappa shape index (κ3) is 3.69. The van der Waals surface area contributed by atoms with Crippen molar-refractivity contribution in [3.8, 4) is 0 Å². The molecule has 222 valence electrons. The zero-order valence-electron chi connectivity index (χ0n) is 23.4. The number of Topliss-reactive ketones (excluding diaryl/α,β-unsaturated/α-hetero) is 1. The summed E-state index contributed by atoms with van der Waals surface area (Å²) < 4.78 is 65.1. The van der Waals surface area contributed by atoms with Crippen LogP contribution in [-0.4, -0.2) is 91.5 Å². The molecule has 4 aliphatic carbocycles. The van der Waals surface area contributed by atoms with Gasteiger partial charge in [-0.05, 0) is 64.5 Å². The number of allylic oxidation sites excluding steroid dienone is 4.